The smallest absolute Gasteiger partial charge is 0.240 e. The number of halogens is 10. The Kier molecular flexibility index (Phi) is 5.87. The lowest BCUT2D eigenvalue weighted by molar-refractivity contribution is -0.299. The molecule has 0 saturated carbocycles. The van der Waals surface area contributed by atoms with E-state index in [1.54, 1.807) is 0 Å². The van der Waals surface area contributed by atoms with E-state index in [2.05, 4.69) is 9.78 Å². The summed E-state index contributed by atoms with van der Waals surface area (Å²) < 4.78 is 89.1. The summed E-state index contributed by atoms with van der Waals surface area (Å²) in [5.74, 6) is -17.5. The third-order valence-electron chi connectivity index (χ3n) is 1.42. The zero-order valence-electron chi connectivity index (χ0n) is 8.41. The minimum absolute atomic E-state index is 0.173. The van der Waals surface area contributed by atoms with Crippen LogP contribution in [0, 0.1) is 0 Å². The van der Waals surface area contributed by atoms with Crippen molar-refractivity contribution in [2.75, 3.05) is 0 Å². The molecule has 0 aromatic carbocycles. The molecule has 0 aliphatic carbocycles. The maximum atomic E-state index is 12.5. The fourth-order valence-electron chi connectivity index (χ4n) is 0.412. The number of hydrogen-bond acceptors (Lipinski definition) is 4. The molecule has 0 saturated heterocycles. The van der Waals surface area contributed by atoms with Crippen molar-refractivity contribution in [3.05, 3.63) is 0 Å². The van der Waals surface area contributed by atoms with E-state index in [9.17, 15) is 44.7 Å². The van der Waals surface area contributed by atoms with Crippen LogP contribution in [-0.4, -0.2) is 31.6 Å². The van der Waals surface area contributed by atoms with Crippen LogP contribution in [0.5, 0.6) is 0 Å². The Morgan fingerprint density at radius 1 is 0.650 bits per heavy atom. The summed E-state index contributed by atoms with van der Waals surface area (Å²) in [6.07, 6.45) is 0. The van der Waals surface area contributed by atoms with Crippen LogP contribution >= 0.6 is 45.2 Å². The molecule has 14 heteroatoms. The van der Waals surface area contributed by atoms with Gasteiger partial charge in [-0.3, -0.25) is 0 Å². The van der Waals surface area contributed by atoms with Crippen molar-refractivity contribution in [3.8, 4) is 0 Å². The Labute approximate surface area is 131 Å². The molecular weight excluding hydrogens is 542 g/mol. The summed E-state index contributed by atoms with van der Waals surface area (Å²) in [5, 5.41) is 0. The van der Waals surface area contributed by atoms with Crippen molar-refractivity contribution in [3.63, 3.8) is 0 Å². The summed E-state index contributed by atoms with van der Waals surface area (Å²) in [7, 11) is 0. The van der Waals surface area contributed by atoms with E-state index < -0.39 is 31.6 Å². The van der Waals surface area contributed by atoms with Crippen molar-refractivity contribution < 1.29 is 54.5 Å². The van der Waals surface area contributed by atoms with Crippen molar-refractivity contribution in [2.45, 2.75) is 19.7 Å². The summed E-state index contributed by atoms with van der Waals surface area (Å²) in [6, 6.07) is 0. The van der Waals surface area contributed by atoms with Gasteiger partial charge in [-0.05, 0) is 0 Å². The SMILES string of the molecule is O=C(OOC(=O)C(F)(F)C(F)(F)I)C(F)(F)C(F)(F)I. The van der Waals surface area contributed by atoms with Gasteiger partial charge in [0.15, 0.2) is 0 Å². The van der Waals surface area contributed by atoms with Crippen LogP contribution in [0.3, 0.4) is 0 Å². The molecule has 0 aromatic rings. The van der Waals surface area contributed by atoms with Crippen molar-refractivity contribution in [1.82, 2.24) is 0 Å². The van der Waals surface area contributed by atoms with Gasteiger partial charge in [0, 0.05) is 45.2 Å². The lowest BCUT2D eigenvalue weighted by Crippen LogP contribution is -2.47. The monoisotopic (exact) mass is 542 g/mol. The fraction of sp³-hybridized carbons (Fsp3) is 0.667. The number of carbonyl (C=O) groups excluding carboxylic acids is 2. The maximum Gasteiger partial charge on any atom is 0.431 e. The van der Waals surface area contributed by atoms with E-state index in [-0.39, 0.29) is 45.2 Å². The second-order valence-corrected chi connectivity index (χ2v) is 5.60. The molecule has 0 fully saturated rings. The molecule has 0 radical (unpaired) electrons. The maximum absolute atomic E-state index is 12.5. The highest BCUT2D eigenvalue weighted by Crippen LogP contribution is 2.42. The van der Waals surface area contributed by atoms with Crippen LogP contribution in [0.4, 0.5) is 35.1 Å². The van der Waals surface area contributed by atoms with Gasteiger partial charge in [0.2, 0.25) is 0 Å². The summed E-state index contributed by atoms with van der Waals surface area (Å²) >= 11 is -0.347. The van der Waals surface area contributed by atoms with Crippen LogP contribution in [0.1, 0.15) is 0 Å². The minimum atomic E-state index is -5.53. The Hall–Kier alpha value is -0.160. The van der Waals surface area contributed by atoms with E-state index in [4.69, 9.17) is 0 Å². The molecule has 20 heavy (non-hydrogen) atoms. The average molecular weight is 542 g/mol. The van der Waals surface area contributed by atoms with Crippen LogP contribution < -0.4 is 0 Å². The van der Waals surface area contributed by atoms with Gasteiger partial charge < -0.3 is 0 Å². The van der Waals surface area contributed by atoms with Gasteiger partial charge in [0.25, 0.3) is 0 Å². The molecule has 0 N–H and O–H groups in total. The predicted octanol–water partition coefficient (Wildman–Crippen LogP) is 3.31. The quantitative estimate of drug-likeness (QED) is 0.180. The second kappa shape index (κ2) is 5.91. The molecule has 0 aromatic heterocycles. The lowest BCUT2D eigenvalue weighted by atomic mass is 10.3. The number of hydrogen-bond donors (Lipinski definition) is 0. The van der Waals surface area contributed by atoms with Crippen LogP contribution in [0.25, 0.3) is 0 Å². The van der Waals surface area contributed by atoms with Gasteiger partial charge in [-0.2, -0.15) is 35.1 Å². The zero-order valence-corrected chi connectivity index (χ0v) is 12.7. The van der Waals surface area contributed by atoms with Crippen molar-refractivity contribution in [2.24, 2.45) is 0 Å². The third kappa shape index (κ3) is 4.17. The molecule has 0 spiro atoms. The summed E-state index contributed by atoms with van der Waals surface area (Å²) in [4.78, 5) is 26.3. The van der Waals surface area contributed by atoms with Gasteiger partial charge in [0.1, 0.15) is 0 Å². The molecular formula is C6F8I2O4. The van der Waals surface area contributed by atoms with Gasteiger partial charge in [-0.15, -0.1) is 0 Å². The van der Waals surface area contributed by atoms with E-state index in [0.29, 0.717) is 0 Å². The molecule has 0 unspecified atom stereocenters. The fourth-order valence-corrected chi connectivity index (χ4v) is 0.852. The number of rotatable bonds is 4. The molecule has 0 atom stereocenters. The number of alkyl halides is 10. The zero-order chi connectivity index (χ0) is 16.6. The van der Waals surface area contributed by atoms with Gasteiger partial charge in [-0.1, -0.05) is 0 Å². The minimum Gasteiger partial charge on any atom is -0.240 e. The Bertz CT molecular complexity index is 363. The molecule has 0 rings (SSSR count). The topological polar surface area (TPSA) is 52.6 Å². The Morgan fingerprint density at radius 3 is 1.00 bits per heavy atom. The molecule has 0 aliphatic heterocycles. The average Bonchev–Trinajstić information content (AvgIpc) is 2.21. The van der Waals surface area contributed by atoms with Crippen molar-refractivity contribution in [1.29, 1.82) is 0 Å². The lowest BCUT2D eigenvalue weighted by Gasteiger charge is -2.20. The normalized spacial score (nSPS) is 13.9. The first kappa shape index (κ1) is 19.8. The predicted molar refractivity (Wildman–Crippen MR) is 60.0 cm³/mol. The standard InChI is InChI=1S/C6F8I2O4/c7-3(8,5(11,12)15)1(17)19-20-2(18)4(9,10)6(13,14)16. The van der Waals surface area contributed by atoms with Gasteiger partial charge >= 0.3 is 31.6 Å². The van der Waals surface area contributed by atoms with Gasteiger partial charge in [0.05, 0.1) is 0 Å². The molecule has 4 nitrogen and oxygen atoms in total. The molecule has 0 heterocycles. The van der Waals surface area contributed by atoms with E-state index in [0.717, 1.165) is 0 Å². The van der Waals surface area contributed by atoms with E-state index in [1.807, 2.05) is 0 Å². The van der Waals surface area contributed by atoms with Crippen LogP contribution in [-0.2, 0) is 19.4 Å². The first-order chi connectivity index (χ1) is 8.55. The third-order valence-corrected chi connectivity index (χ3v) is 2.77. The summed E-state index contributed by atoms with van der Waals surface area (Å²) in [5.41, 5.74) is 0. The highest BCUT2D eigenvalue weighted by molar-refractivity contribution is 14.1. The number of carbonyl (C=O) groups is 2. The Balaban J connectivity index is 4.83. The highest BCUT2D eigenvalue weighted by Gasteiger charge is 2.65. The molecule has 0 amide bonds. The second-order valence-electron chi connectivity index (χ2n) is 2.89. The van der Waals surface area contributed by atoms with Crippen LogP contribution in [0.2, 0.25) is 0 Å². The van der Waals surface area contributed by atoms with Gasteiger partial charge in [-0.25, -0.2) is 19.4 Å². The van der Waals surface area contributed by atoms with E-state index in [1.165, 1.54) is 0 Å². The summed E-state index contributed by atoms with van der Waals surface area (Å²) in [6.45, 7) is 0. The molecule has 118 valence electrons. The van der Waals surface area contributed by atoms with Crippen molar-refractivity contribution >= 4 is 57.1 Å². The Morgan fingerprint density at radius 2 is 0.850 bits per heavy atom. The first-order valence-corrected chi connectivity index (χ1v) is 6.03. The van der Waals surface area contributed by atoms with E-state index >= 15 is 0 Å². The molecule has 0 bridgehead atoms. The first-order valence-electron chi connectivity index (χ1n) is 3.87. The highest BCUT2D eigenvalue weighted by atomic mass is 127. The largest absolute Gasteiger partial charge is 0.431 e. The molecule has 0 aliphatic rings. The van der Waals surface area contributed by atoms with Crippen LogP contribution in [0.15, 0.2) is 0 Å².